The van der Waals surface area contributed by atoms with Gasteiger partial charge in [-0.05, 0) is 38.0 Å². The predicted octanol–water partition coefficient (Wildman–Crippen LogP) is 1.84. The number of aliphatic hydroxyl groups is 1. The van der Waals surface area contributed by atoms with Crippen molar-refractivity contribution in [2.45, 2.75) is 32.5 Å². The van der Waals surface area contributed by atoms with Crippen LogP contribution in [0.5, 0.6) is 0 Å². The minimum absolute atomic E-state index is 0.0203. The molecule has 1 aromatic rings. The highest BCUT2D eigenvalue weighted by Gasteiger charge is 2.32. The molecule has 1 unspecified atom stereocenters. The fourth-order valence-electron chi connectivity index (χ4n) is 1.67. The van der Waals surface area contributed by atoms with Gasteiger partial charge in [-0.3, -0.25) is 9.59 Å². The molecule has 122 valence electrons. The maximum Gasteiger partial charge on any atom is 0.416 e. The van der Waals surface area contributed by atoms with E-state index in [1.165, 1.54) is 26.0 Å². The molecule has 0 fully saturated rings. The number of rotatable bonds is 4. The molecule has 0 aliphatic carbocycles. The molecule has 0 aliphatic heterocycles. The molecule has 0 radical (unpaired) electrons. The highest BCUT2D eigenvalue weighted by molar-refractivity contribution is 6.39. The van der Waals surface area contributed by atoms with Gasteiger partial charge in [0.15, 0.2) is 0 Å². The molecule has 0 aliphatic rings. The number of halogens is 3. The van der Waals surface area contributed by atoms with E-state index in [1.807, 2.05) is 0 Å². The smallest absolute Gasteiger partial charge is 0.393 e. The number of anilines is 1. The van der Waals surface area contributed by atoms with Crippen LogP contribution in [0.15, 0.2) is 18.2 Å². The topological polar surface area (TPSA) is 78.4 Å². The summed E-state index contributed by atoms with van der Waals surface area (Å²) in [7, 11) is 0. The Kier molecular flexibility index (Phi) is 5.92. The maximum atomic E-state index is 12.8. The van der Waals surface area contributed by atoms with Crippen LogP contribution in [-0.4, -0.2) is 29.6 Å². The van der Waals surface area contributed by atoms with E-state index in [0.29, 0.717) is 0 Å². The normalized spacial score (nSPS) is 12.6. The average molecular weight is 318 g/mol. The third-order valence-electron chi connectivity index (χ3n) is 2.85. The van der Waals surface area contributed by atoms with Gasteiger partial charge in [0.25, 0.3) is 0 Å². The number of hydrogen-bond acceptors (Lipinski definition) is 3. The molecule has 22 heavy (non-hydrogen) atoms. The van der Waals surface area contributed by atoms with Crippen LogP contribution in [0.3, 0.4) is 0 Å². The van der Waals surface area contributed by atoms with Crippen molar-refractivity contribution in [1.82, 2.24) is 5.32 Å². The van der Waals surface area contributed by atoms with Crippen LogP contribution in [0, 0.1) is 6.92 Å². The van der Waals surface area contributed by atoms with Gasteiger partial charge in [0, 0.05) is 12.2 Å². The molecule has 1 rings (SSSR count). The van der Waals surface area contributed by atoms with Crippen molar-refractivity contribution in [2.24, 2.45) is 0 Å². The quantitative estimate of drug-likeness (QED) is 0.741. The second kappa shape index (κ2) is 7.26. The van der Waals surface area contributed by atoms with Crippen molar-refractivity contribution in [3.63, 3.8) is 0 Å². The first-order valence-corrected chi connectivity index (χ1v) is 6.56. The van der Waals surface area contributed by atoms with Crippen molar-refractivity contribution in [1.29, 1.82) is 0 Å². The van der Waals surface area contributed by atoms with Gasteiger partial charge in [0.1, 0.15) is 0 Å². The Morgan fingerprint density at radius 3 is 2.45 bits per heavy atom. The van der Waals surface area contributed by atoms with Gasteiger partial charge in [-0.2, -0.15) is 13.2 Å². The van der Waals surface area contributed by atoms with Crippen LogP contribution in [0.1, 0.15) is 24.5 Å². The summed E-state index contributed by atoms with van der Waals surface area (Å²) in [6.45, 7) is 2.92. The first-order chi connectivity index (χ1) is 10.1. The summed E-state index contributed by atoms with van der Waals surface area (Å²) in [5.74, 6) is -2.04. The number of aliphatic hydroxyl groups excluding tert-OH is 1. The molecule has 0 aromatic heterocycles. The third-order valence-corrected chi connectivity index (χ3v) is 2.85. The van der Waals surface area contributed by atoms with Crippen LogP contribution >= 0.6 is 0 Å². The number of carbonyl (C=O) groups is 2. The highest BCUT2D eigenvalue weighted by atomic mass is 19.4. The van der Waals surface area contributed by atoms with Gasteiger partial charge in [-0.25, -0.2) is 0 Å². The van der Waals surface area contributed by atoms with Crippen molar-refractivity contribution >= 4 is 17.5 Å². The average Bonchev–Trinajstić information content (AvgIpc) is 2.39. The van der Waals surface area contributed by atoms with Crippen LogP contribution < -0.4 is 10.6 Å². The standard InChI is InChI=1S/C14H17F3N2O3/c1-8-3-4-10(7-11(8)14(15,16)17)19-13(22)12(21)18-6-5-9(2)20/h3-4,7,9,20H,5-6H2,1-2H3,(H,18,21)(H,19,22). The molecule has 0 saturated heterocycles. The summed E-state index contributed by atoms with van der Waals surface area (Å²) in [5.41, 5.74) is -0.972. The molecule has 0 bridgehead atoms. The van der Waals surface area contributed by atoms with E-state index in [4.69, 9.17) is 5.11 Å². The lowest BCUT2D eigenvalue weighted by Gasteiger charge is -2.13. The summed E-state index contributed by atoms with van der Waals surface area (Å²) in [6, 6.07) is 3.27. The fraction of sp³-hybridized carbons (Fsp3) is 0.429. The van der Waals surface area contributed by atoms with Gasteiger partial charge in [-0.1, -0.05) is 6.07 Å². The Hall–Kier alpha value is -2.09. The molecule has 2 amide bonds. The lowest BCUT2D eigenvalue weighted by Crippen LogP contribution is -2.36. The van der Waals surface area contributed by atoms with E-state index < -0.39 is 29.7 Å². The highest BCUT2D eigenvalue weighted by Crippen LogP contribution is 2.33. The van der Waals surface area contributed by atoms with Gasteiger partial charge in [-0.15, -0.1) is 0 Å². The van der Waals surface area contributed by atoms with Crippen molar-refractivity contribution in [3.8, 4) is 0 Å². The molecule has 1 atom stereocenters. The summed E-state index contributed by atoms with van der Waals surface area (Å²) < 4.78 is 38.3. The molecule has 8 heteroatoms. The van der Waals surface area contributed by atoms with Gasteiger partial charge in [0.05, 0.1) is 11.7 Å². The minimum Gasteiger partial charge on any atom is -0.393 e. The predicted molar refractivity (Wildman–Crippen MR) is 74.1 cm³/mol. The number of carbonyl (C=O) groups excluding carboxylic acids is 2. The number of alkyl halides is 3. The zero-order chi connectivity index (χ0) is 16.9. The lowest BCUT2D eigenvalue weighted by molar-refractivity contribution is -0.138. The summed E-state index contributed by atoms with van der Waals surface area (Å²) >= 11 is 0. The van der Waals surface area contributed by atoms with Crippen molar-refractivity contribution in [3.05, 3.63) is 29.3 Å². The summed E-state index contributed by atoms with van der Waals surface area (Å²) in [4.78, 5) is 23.0. The fourth-order valence-corrected chi connectivity index (χ4v) is 1.67. The number of nitrogens with one attached hydrogen (secondary N) is 2. The zero-order valence-electron chi connectivity index (χ0n) is 12.1. The van der Waals surface area contributed by atoms with E-state index in [0.717, 1.165) is 6.07 Å². The van der Waals surface area contributed by atoms with E-state index >= 15 is 0 Å². The van der Waals surface area contributed by atoms with E-state index in [1.54, 1.807) is 0 Å². The largest absolute Gasteiger partial charge is 0.416 e. The Morgan fingerprint density at radius 1 is 1.27 bits per heavy atom. The first-order valence-electron chi connectivity index (χ1n) is 6.56. The molecular weight excluding hydrogens is 301 g/mol. The summed E-state index contributed by atoms with van der Waals surface area (Å²) in [5, 5.41) is 13.4. The zero-order valence-corrected chi connectivity index (χ0v) is 12.1. The first kappa shape index (κ1) is 18.0. The van der Waals surface area contributed by atoms with E-state index in [9.17, 15) is 22.8 Å². The number of hydrogen-bond donors (Lipinski definition) is 3. The molecule has 0 heterocycles. The lowest BCUT2D eigenvalue weighted by atomic mass is 10.1. The molecular formula is C14H17F3N2O3. The Bertz CT molecular complexity index is 557. The molecule has 5 nitrogen and oxygen atoms in total. The van der Waals surface area contributed by atoms with Gasteiger partial charge in [0.2, 0.25) is 0 Å². The van der Waals surface area contributed by atoms with Gasteiger partial charge < -0.3 is 15.7 Å². The Balaban J connectivity index is 2.70. The number of amides is 2. The SMILES string of the molecule is Cc1ccc(NC(=O)C(=O)NCCC(C)O)cc1C(F)(F)F. The maximum absolute atomic E-state index is 12.8. The monoisotopic (exact) mass is 318 g/mol. The number of benzene rings is 1. The second-order valence-corrected chi connectivity index (χ2v) is 4.88. The Labute approximate surface area is 125 Å². The van der Waals surface area contributed by atoms with E-state index in [2.05, 4.69) is 10.6 Å². The number of aryl methyl sites for hydroxylation is 1. The second-order valence-electron chi connectivity index (χ2n) is 4.88. The molecule has 0 saturated carbocycles. The van der Waals surface area contributed by atoms with Crippen LogP contribution in [-0.2, 0) is 15.8 Å². The van der Waals surface area contributed by atoms with Gasteiger partial charge >= 0.3 is 18.0 Å². The Morgan fingerprint density at radius 2 is 1.91 bits per heavy atom. The minimum atomic E-state index is -4.54. The molecule has 0 spiro atoms. The van der Waals surface area contributed by atoms with Crippen molar-refractivity contribution < 1.29 is 27.9 Å². The van der Waals surface area contributed by atoms with Crippen LogP contribution in [0.25, 0.3) is 0 Å². The molecule has 3 N–H and O–H groups in total. The summed E-state index contributed by atoms with van der Waals surface area (Å²) in [6.07, 6.45) is -4.90. The third kappa shape index (κ3) is 5.36. The van der Waals surface area contributed by atoms with E-state index in [-0.39, 0.29) is 24.2 Å². The molecule has 1 aromatic carbocycles. The van der Waals surface area contributed by atoms with Crippen molar-refractivity contribution in [2.75, 3.05) is 11.9 Å². The van der Waals surface area contributed by atoms with Crippen LogP contribution in [0.2, 0.25) is 0 Å². The van der Waals surface area contributed by atoms with Crippen LogP contribution in [0.4, 0.5) is 18.9 Å².